The van der Waals surface area contributed by atoms with E-state index in [2.05, 4.69) is 71.1 Å². The normalized spacial score (nSPS) is 30.0. The molecule has 0 atom stereocenters. The van der Waals surface area contributed by atoms with Crippen molar-refractivity contribution >= 4 is 83.9 Å². The van der Waals surface area contributed by atoms with Gasteiger partial charge in [0.15, 0.2) is 0 Å². The molecule has 0 saturated carbocycles. The fourth-order valence-corrected chi connectivity index (χ4v) is 69.2. The first-order valence-corrected chi connectivity index (χ1v) is 27.4. The van der Waals surface area contributed by atoms with Crippen LogP contribution in [0.1, 0.15) is 0 Å². The summed E-state index contributed by atoms with van der Waals surface area (Å²) in [6.45, 7) is 0. The molecule has 8 heteroatoms. The Hall–Kier alpha value is 3.25. The van der Waals surface area contributed by atoms with Crippen LogP contribution in [0.2, 0.25) is 0 Å². The predicted molar refractivity (Wildman–Crippen MR) is 105 cm³/mol. The van der Waals surface area contributed by atoms with Gasteiger partial charge in [0, 0.05) is 0 Å². The topological polar surface area (TPSA) is 0 Å². The van der Waals surface area contributed by atoms with E-state index >= 15 is 0 Å². The van der Waals surface area contributed by atoms with Crippen LogP contribution in [0.5, 0.6) is 0 Å². The third-order valence-corrected chi connectivity index (χ3v) is 57.2. The summed E-state index contributed by atoms with van der Waals surface area (Å²) in [7, 11) is 9.95. The van der Waals surface area contributed by atoms with E-state index < -0.39 is 12.8 Å². The molecule has 104 valence electrons. The zero-order valence-electron chi connectivity index (χ0n) is 10.2. The first-order valence-electron chi connectivity index (χ1n) is 6.23. The number of hydrogen-bond acceptors (Lipinski definition) is 7. The van der Waals surface area contributed by atoms with Crippen molar-refractivity contribution in [2.24, 2.45) is 0 Å². The van der Waals surface area contributed by atoms with Crippen LogP contribution in [0.15, 0.2) is 0 Å². The number of rotatable bonds is 4. The van der Waals surface area contributed by atoms with E-state index in [0.717, 1.165) is 10.5 Å². The van der Waals surface area contributed by atoms with Crippen molar-refractivity contribution in [3.8, 4) is 0 Å². The summed E-state index contributed by atoms with van der Waals surface area (Å²) in [5.74, 6) is 11.5. The van der Waals surface area contributed by atoms with Crippen LogP contribution in [0.3, 0.4) is 0 Å². The van der Waals surface area contributed by atoms with Gasteiger partial charge in [0.1, 0.15) is 0 Å². The molecule has 0 aromatic heterocycles. The summed E-state index contributed by atoms with van der Waals surface area (Å²) in [6.07, 6.45) is 0. The summed E-state index contributed by atoms with van der Waals surface area (Å²) in [6, 6.07) is 0. The van der Waals surface area contributed by atoms with Gasteiger partial charge in [-0.3, -0.25) is 0 Å². The maximum absolute atomic E-state index is 2.51. The fourth-order valence-electron chi connectivity index (χ4n) is 1.73. The zero-order chi connectivity index (χ0) is 12.3. The number of hydrogen-bond donors (Lipinski definition) is 0. The van der Waals surface area contributed by atoms with Crippen molar-refractivity contribution in [1.29, 1.82) is 0 Å². The molecule has 0 aromatic carbocycles. The van der Waals surface area contributed by atoms with Gasteiger partial charge in [-0.15, -0.1) is 0 Å². The second-order valence-electron chi connectivity index (χ2n) is 4.36. The van der Waals surface area contributed by atoms with Crippen LogP contribution in [0.25, 0.3) is 0 Å². The van der Waals surface area contributed by atoms with Crippen LogP contribution >= 0.6 is 71.1 Å². The average molecular weight is 481 g/mol. The second-order valence-corrected chi connectivity index (χ2v) is 49.6. The Kier molecular flexibility index (Phi) is 7.34. The monoisotopic (exact) mass is 482 g/mol. The molecule has 3 aliphatic heterocycles. The van der Waals surface area contributed by atoms with E-state index in [1.807, 2.05) is 0 Å². The van der Waals surface area contributed by atoms with Crippen molar-refractivity contribution in [2.75, 3.05) is 46.0 Å². The van der Waals surface area contributed by atoms with Gasteiger partial charge in [-0.1, -0.05) is 0 Å². The molecule has 3 heterocycles. The van der Waals surface area contributed by atoms with E-state index in [1.54, 1.807) is 0 Å². The van der Waals surface area contributed by atoms with E-state index in [4.69, 9.17) is 0 Å². The third-order valence-electron chi connectivity index (χ3n) is 2.85. The van der Waals surface area contributed by atoms with Crippen molar-refractivity contribution in [2.45, 2.75) is 10.5 Å². The molecule has 18 heavy (non-hydrogen) atoms. The summed E-state index contributed by atoms with van der Waals surface area (Å²) in [4.78, 5) is 0. The molecule has 3 rings (SSSR count). The Morgan fingerprint density at radius 2 is 1.17 bits per heavy atom. The van der Waals surface area contributed by atoms with Crippen LogP contribution in [-0.4, -0.2) is 69.4 Å². The molecule has 0 spiro atoms. The molecular formula is C10H18S7Sn. The van der Waals surface area contributed by atoms with Crippen LogP contribution in [-0.2, 0) is 0 Å². The Morgan fingerprint density at radius 3 is 1.56 bits per heavy atom. The van der Waals surface area contributed by atoms with Crippen LogP contribution in [0, 0.1) is 0 Å². The van der Waals surface area contributed by atoms with Gasteiger partial charge in [0.2, 0.25) is 0 Å². The van der Waals surface area contributed by atoms with Gasteiger partial charge in [-0.25, -0.2) is 0 Å². The molecule has 3 aliphatic rings. The van der Waals surface area contributed by atoms with E-state index in [9.17, 15) is 0 Å². The molecule has 0 aliphatic carbocycles. The van der Waals surface area contributed by atoms with E-state index in [-0.39, 0.29) is 0 Å². The molecule has 0 amide bonds. The minimum atomic E-state index is -2.04. The zero-order valence-corrected chi connectivity index (χ0v) is 18.7. The van der Waals surface area contributed by atoms with E-state index in [1.165, 1.54) is 46.0 Å². The van der Waals surface area contributed by atoms with Crippen molar-refractivity contribution < 1.29 is 0 Å². The summed E-state index contributed by atoms with van der Waals surface area (Å²) in [5.41, 5.74) is 0. The van der Waals surface area contributed by atoms with Crippen LogP contribution < -0.4 is 0 Å². The van der Waals surface area contributed by atoms with Crippen molar-refractivity contribution in [3.05, 3.63) is 0 Å². The molecular weight excluding hydrogens is 463 g/mol. The Bertz CT molecular complexity index is 243. The van der Waals surface area contributed by atoms with Gasteiger partial charge < -0.3 is 0 Å². The summed E-state index contributed by atoms with van der Waals surface area (Å²) < 4.78 is 0. The third kappa shape index (κ3) is 4.62. The van der Waals surface area contributed by atoms with E-state index in [0.29, 0.717) is 0 Å². The maximum atomic E-state index is 2.51. The van der Waals surface area contributed by atoms with Gasteiger partial charge >= 0.3 is 140 Å². The predicted octanol–water partition coefficient (Wildman–Crippen LogP) is 4.33. The summed E-state index contributed by atoms with van der Waals surface area (Å²) >= 11 is 4.45. The van der Waals surface area contributed by atoms with Crippen molar-refractivity contribution in [3.63, 3.8) is 0 Å². The van der Waals surface area contributed by atoms with Crippen molar-refractivity contribution in [1.82, 2.24) is 0 Å². The summed E-state index contributed by atoms with van der Waals surface area (Å²) in [5, 5.41) is 2.05. The molecule has 0 N–H and O–H groups in total. The SMILES string of the molecule is C1C[S][Sn]([S]C2CSC2)([S]C2CSC2)[S]CCS1. The molecule has 0 nitrogen and oxygen atoms in total. The molecule has 3 saturated heterocycles. The fraction of sp³-hybridized carbons (Fsp3) is 1.00. The standard InChI is InChI=1S/C4H10S3.2C3H6S2.Sn/c5-1-3-7-4-2-6;2*4-3-1-5-2-3;/h5-6H,1-4H2;2*3-4H,1-2H2;/q;;;+4/p-4. The Labute approximate surface area is 138 Å². The Morgan fingerprint density at radius 1 is 0.667 bits per heavy atom. The second kappa shape index (κ2) is 8.20. The number of thioether (sulfide) groups is 3. The van der Waals surface area contributed by atoms with Crippen LogP contribution in [0.4, 0.5) is 0 Å². The Balaban J connectivity index is 1.62. The van der Waals surface area contributed by atoms with Gasteiger partial charge in [-0.2, -0.15) is 0 Å². The quantitative estimate of drug-likeness (QED) is 0.542. The first kappa shape index (κ1) is 16.1. The van der Waals surface area contributed by atoms with Gasteiger partial charge in [0.25, 0.3) is 0 Å². The van der Waals surface area contributed by atoms with Gasteiger partial charge in [0.05, 0.1) is 0 Å². The average Bonchev–Trinajstić information content (AvgIpc) is 2.22. The first-order chi connectivity index (χ1) is 8.86. The molecule has 0 unspecified atom stereocenters. The molecule has 3 fully saturated rings. The van der Waals surface area contributed by atoms with Gasteiger partial charge in [-0.05, 0) is 0 Å². The minimum absolute atomic E-state index is 1.03. The molecule has 0 radical (unpaired) electrons. The molecule has 0 bridgehead atoms. The molecule has 0 aromatic rings.